The van der Waals surface area contributed by atoms with Crippen LogP contribution in [0.15, 0.2) is 18.2 Å². The largest absolute Gasteiger partial charge is 0.433 e. The fourth-order valence-corrected chi connectivity index (χ4v) is 2.67. The molecular formula is C14H17ClF2N2O3. The Bertz CT molecular complexity index is 545. The molecule has 1 saturated heterocycles. The molecule has 2 rings (SSSR count). The first-order chi connectivity index (χ1) is 10.3. The average Bonchev–Trinajstić information content (AvgIpc) is 2.40. The van der Waals surface area contributed by atoms with Crippen molar-refractivity contribution in [3.8, 4) is 5.75 Å². The number of amides is 1. The van der Waals surface area contributed by atoms with Crippen LogP contribution >= 0.6 is 11.6 Å². The standard InChI is InChI=1S/C14H17ClF2N2O3/c1-8-5-19(7-12(21-8)13(18)20)6-9-2-3-11(10(15)4-9)22-14(16)17/h2-4,8,12,14H,5-7H2,1H3,(H2,18,20)/t8-,12-/m1/s1. The molecule has 0 radical (unpaired) electrons. The van der Waals surface area contributed by atoms with Crippen molar-refractivity contribution in [2.24, 2.45) is 5.73 Å². The Balaban J connectivity index is 2.03. The highest BCUT2D eigenvalue weighted by Gasteiger charge is 2.28. The van der Waals surface area contributed by atoms with Crippen LogP contribution < -0.4 is 10.5 Å². The Morgan fingerprint density at radius 2 is 2.27 bits per heavy atom. The van der Waals surface area contributed by atoms with Gasteiger partial charge >= 0.3 is 6.61 Å². The summed E-state index contributed by atoms with van der Waals surface area (Å²) >= 11 is 5.92. The maximum Gasteiger partial charge on any atom is 0.387 e. The Morgan fingerprint density at radius 3 is 2.86 bits per heavy atom. The second kappa shape index (κ2) is 7.21. The number of carbonyl (C=O) groups is 1. The molecular weight excluding hydrogens is 318 g/mol. The zero-order valence-electron chi connectivity index (χ0n) is 12.0. The van der Waals surface area contributed by atoms with Crippen LogP contribution in [-0.4, -0.2) is 42.7 Å². The van der Waals surface area contributed by atoms with Gasteiger partial charge in [0.15, 0.2) is 0 Å². The third-order valence-corrected chi connectivity index (χ3v) is 3.57. The summed E-state index contributed by atoms with van der Waals surface area (Å²) in [6.45, 7) is 0.462. The molecule has 1 aliphatic rings. The third-order valence-electron chi connectivity index (χ3n) is 3.27. The first-order valence-electron chi connectivity index (χ1n) is 6.75. The average molecular weight is 335 g/mol. The van der Waals surface area contributed by atoms with Gasteiger partial charge in [-0.05, 0) is 24.6 Å². The molecule has 2 atom stereocenters. The van der Waals surface area contributed by atoms with E-state index in [1.807, 2.05) is 11.8 Å². The monoisotopic (exact) mass is 334 g/mol. The number of benzene rings is 1. The van der Waals surface area contributed by atoms with Crippen LogP contribution in [0.5, 0.6) is 5.75 Å². The lowest BCUT2D eigenvalue weighted by Gasteiger charge is -2.35. The van der Waals surface area contributed by atoms with E-state index in [0.29, 0.717) is 19.6 Å². The van der Waals surface area contributed by atoms with Crippen LogP contribution in [0, 0.1) is 0 Å². The molecule has 122 valence electrons. The summed E-state index contributed by atoms with van der Waals surface area (Å²) in [5.41, 5.74) is 6.10. The second-order valence-electron chi connectivity index (χ2n) is 5.18. The van der Waals surface area contributed by atoms with Gasteiger partial charge in [0.2, 0.25) is 5.91 Å². The predicted octanol–water partition coefficient (Wildman–Crippen LogP) is 2.02. The summed E-state index contributed by atoms with van der Waals surface area (Å²) in [7, 11) is 0. The van der Waals surface area contributed by atoms with Crippen molar-refractivity contribution >= 4 is 17.5 Å². The first kappa shape index (κ1) is 16.9. The molecule has 0 aliphatic carbocycles. The molecule has 8 heteroatoms. The Labute approximate surface area is 131 Å². The number of carbonyl (C=O) groups excluding carboxylic acids is 1. The van der Waals surface area contributed by atoms with Gasteiger partial charge in [0.1, 0.15) is 11.9 Å². The van der Waals surface area contributed by atoms with Gasteiger partial charge < -0.3 is 15.2 Å². The quantitative estimate of drug-likeness (QED) is 0.894. The predicted molar refractivity (Wildman–Crippen MR) is 76.9 cm³/mol. The molecule has 1 aliphatic heterocycles. The van der Waals surface area contributed by atoms with E-state index in [0.717, 1.165) is 5.56 Å². The van der Waals surface area contributed by atoms with E-state index in [1.165, 1.54) is 6.07 Å². The lowest BCUT2D eigenvalue weighted by molar-refractivity contribution is -0.142. The maximum atomic E-state index is 12.2. The minimum Gasteiger partial charge on any atom is -0.433 e. The van der Waals surface area contributed by atoms with E-state index in [-0.39, 0.29) is 16.9 Å². The van der Waals surface area contributed by atoms with E-state index in [2.05, 4.69) is 4.74 Å². The van der Waals surface area contributed by atoms with Gasteiger partial charge in [-0.25, -0.2) is 0 Å². The molecule has 1 fully saturated rings. The summed E-state index contributed by atoms with van der Waals surface area (Å²) in [5, 5.41) is 0.116. The van der Waals surface area contributed by atoms with Gasteiger partial charge in [-0.1, -0.05) is 17.7 Å². The number of hydrogen-bond acceptors (Lipinski definition) is 4. The Hall–Kier alpha value is -1.44. The van der Waals surface area contributed by atoms with Crippen LogP contribution in [0.25, 0.3) is 0 Å². The zero-order valence-corrected chi connectivity index (χ0v) is 12.7. The first-order valence-corrected chi connectivity index (χ1v) is 7.13. The van der Waals surface area contributed by atoms with E-state index in [9.17, 15) is 13.6 Å². The number of rotatable bonds is 5. The lowest BCUT2D eigenvalue weighted by Crippen LogP contribution is -2.51. The Morgan fingerprint density at radius 1 is 1.55 bits per heavy atom. The number of nitrogens with two attached hydrogens (primary N) is 1. The molecule has 0 saturated carbocycles. The van der Waals surface area contributed by atoms with Crippen molar-refractivity contribution in [1.82, 2.24) is 4.90 Å². The van der Waals surface area contributed by atoms with E-state index < -0.39 is 18.6 Å². The number of primary amides is 1. The molecule has 1 heterocycles. The van der Waals surface area contributed by atoms with Crippen molar-refractivity contribution in [2.75, 3.05) is 13.1 Å². The molecule has 1 aromatic carbocycles. The third kappa shape index (κ3) is 4.53. The van der Waals surface area contributed by atoms with Gasteiger partial charge in [0, 0.05) is 19.6 Å². The van der Waals surface area contributed by atoms with E-state index >= 15 is 0 Å². The highest BCUT2D eigenvalue weighted by atomic mass is 35.5. The minimum atomic E-state index is -2.92. The summed E-state index contributed by atoms with van der Waals surface area (Å²) in [6.07, 6.45) is -0.774. The van der Waals surface area contributed by atoms with Crippen molar-refractivity contribution in [3.05, 3.63) is 28.8 Å². The number of halogens is 3. The van der Waals surface area contributed by atoms with Crippen molar-refractivity contribution in [2.45, 2.75) is 32.3 Å². The number of ether oxygens (including phenoxy) is 2. The Kier molecular flexibility index (Phi) is 5.55. The number of hydrogen-bond donors (Lipinski definition) is 1. The molecule has 2 N–H and O–H groups in total. The smallest absolute Gasteiger partial charge is 0.387 e. The molecule has 0 bridgehead atoms. The SMILES string of the molecule is C[C@@H]1CN(Cc2ccc(OC(F)F)c(Cl)c2)C[C@H](C(N)=O)O1. The maximum absolute atomic E-state index is 12.2. The van der Waals surface area contributed by atoms with Crippen molar-refractivity contribution < 1.29 is 23.0 Å². The van der Waals surface area contributed by atoms with E-state index in [4.69, 9.17) is 22.1 Å². The topological polar surface area (TPSA) is 64.8 Å². The molecule has 0 aromatic heterocycles. The van der Waals surface area contributed by atoms with Gasteiger partial charge in [-0.3, -0.25) is 9.69 Å². The molecule has 0 spiro atoms. The summed E-state index contributed by atoms with van der Waals surface area (Å²) in [4.78, 5) is 13.3. The van der Waals surface area contributed by atoms with Gasteiger partial charge in [-0.2, -0.15) is 8.78 Å². The summed E-state index contributed by atoms with van der Waals surface area (Å²) < 4.78 is 34.1. The molecule has 22 heavy (non-hydrogen) atoms. The minimum absolute atomic E-state index is 0.0641. The van der Waals surface area contributed by atoms with Gasteiger partial charge in [0.25, 0.3) is 0 Å². The van der Waals surface area contributed by atoms with Crippen LogP contribution in [-0.2, 0) is 16.1 Å². The van der Waals surface area contributed by atoms with Crippen molar-refractivity contribution in [1.29, 1.82) is 0 Å². The molecule has 5 nitrogen and oxygen atoms in total. The van der Waals surface area contributed by atoms with Crippen LogP contribution in [0.2, 0.25) is 5.02 Å². The fourth-order valence-electron chi connectivity index (χ4n) is 2.42. The fraction of sp³-hybridized carbons (Fsp3) is 0.500. The molecule has 0 unspecified atom stereocenters. The van der Waals surface area contributed by atoms with Crippen LogP contribution in [0.4, 0.5) is 8.78 Å². The highest BCUT2D eigenvalue weighted by Crippen LogP contribution is 2.27. The number of alkyl halides is 2. The van der Waals surface area contributed by atoms with Gasteiger partial charge in [0.05, 0.1) is 11.1 Å². The van der Waals surface area contributed by atoms with Crippen LogP contribution in [0.3, 0.4) is 0 Å². The summed E-state index contributed by atoms with van der Waals surface area (Å²) in [6, 6.07) is 4.63. The molecule has 1 amide bonds. The number of morpholine rings is 1. The van der Waals surface area contributed by atoms with Crippen LogP contribution in [0.1, 0.15) is 12.5 Å². The second-order valence-corrected chi connectivity index (χ2v) is 5.58. The lowest BCUT2D eigenvalue weighted by atomic mass is 10.1. The highest BCUT2D eigenvalue weighted by molar-refractivity contribution is 6.32. The molecule has 1 aromatic rings. The number of nitrogens with zero attached hydrogens (tertiary/aromatic N) is 1. The van der Waals surface area contributed by atoms with Gasteiger partial charge in [-0.15, -0.1) is 0 Å². The van der Waals surface area contributed by atoms with Crippen molar-refractivity contribution in [3.63, 3.8) is 0 Å². The zero-order chi connectivity index (χ0) is 16.3. The summed E-state index contributed by atoms with van der Waals surface area (Å²) in [5.74, 6) is -0.568. The van der Waals surface area contributed by atoms with E-state index in [1.54, 1.807) is 12.1 Å². The normalized spacial score (nSPS) is 22.8.